The molecule has 1 unspecified atom stereocenters. The fraction of sp³-hybridized carbons (Fsp3) is 0.286. The van der Waals surface area contributed by atoms with Crippen LogP contribution in [0.2, 0.25) is 0 Å². The molecule has 6 nitrogen and oxygen atoms in total. The summed E-state index contributed by atoms with van der Waals surface area (Å²) in [5.74, 6) is -0.0399. The number of fused-ring (bicyclic) bond motifs is 5. The molecule has 4 heterocycles. The minimum Gasteiger partial charge on any atom is -0.356 e. The van der Waals surface area contributed by atoms with Crippen molar-refractivity contribution in [2.75, 3.05) is 13.1 Å². The number of amides is 2. The maximum absolute atomic E-state index is 13.6. The summed E-state index contributed by atoms with van der Waals surface area (Å²) in [6.45, 7) is 2.97. The second-order valence-corrected chi connectivity index (χ2v) is 7.41. The molecule has 0 saturated carbocycles. The van der Waals surface area contributed by atoms with Crippen LogP contribution in [0.3, 0.4) is 0 Å². The van der Waals surface area contributed by atoms with E-state index in [1.54, 1.807) is 22.2 Å². The van der Waals surface area contributed by atoms with Crippen molar-refractivity contribution in [2.24, 2.45) is 0 Å². The average Bonchev–Trinajstić information content (AvgIpc) is 3.07. The Morgan fingerprint density at radius 1 is 1.15 bits per heavy atom. The van der Waals surface area contributed by atoms with Gasteiger partial charge in [-0.15, -0.1) is 0 Å². The van der Waals surface area contributed by atoms with Crippen LogP contribution in [0.15, 0.2) is 48.8 Å². The topological polar surface area (TPSA) is 69.3 Å². The van der Waals surface area contributed by atoms with Gasteiger partial charge in [0.15, 0.2) is 5.54 Å². The van der Waals surface area contributed by atoms with Crippen LogP contribution < -0.4 is 0 Å². The number of carbonyl (C=O) groups is 2. The van der Waals surface area contributed by atoms with E-state index in [0.717, 1.165) is 34.1 Å². The van der Waals surface area contributed by atoms with Gasteiger partial charge in [0.1, 0.15) is 6.54 Å². The highest BCUT2D eigenvalue weighted by molar-refractivity contribution is 6.00. The fourth-order valence-corrected chi connectivity index (χ4v) is 4.52. The maximum Gasteiger partial charge on any atom is 0.255 e. The molecular formula is C21H20N4O2. The van der Waals surface area contributed by atoms with Crippen molar-refractivity contribution in [3.63, 3.8) is 0 Å². The molecule has 2 aliphatic rings. The van der Waals surface area contributed by atoms with Gasteiger partial charge in [-0.05, 0) is 42.7 Å². The SMILES string of the molecule is CC12C(=O)N(Cc3ccncc3)CC(=O)N1CCc1c2[nH]c2ccccc12. The van der Waals surface area contributed by atoms with E-state index in [9.17, 15) is 9.59 Å². The summed E-state index contributed by atoms with van der Waals surface area (Å²) in [4.78, 5) is 37.3. The van der Waals surface area contributed by atoms with Crippen LogP contribution in [0.25, 0.3) is 10.9 Å². The molecule has 0 spiro atoms. The molecule has 1 saturated heterocycles. The van der Waals surface area contributed by atoms with Crippen molar-refractivity contribution in [1.29, 1.82) is 0 Å². The van der Waals surface area contributed by atoms with Crippen molar-refractivity contribution >= 4 is 22.7 Å². The number of hydrogen-bond acceptors (Lipinski definition) is 3. The van der Waals surface area contributed by atoms with Gasteiger partial charge in [0.2, 0.25) is 5.91 Å². The predicted molar refractivity (Wildman–Crippen MR) is 101 cm³/mol. The molecule has 1 aromatic carbocycles. The number of nitrogens with one attached hydrogen (secondary N) is 1. The maximum atomic E-state index is 13.6. The van der Waals surface area contributed by atoms with Crippen LogP contribution >= 0.6 is 0 Å². The molecule has 2 aliphatic heterocycles. The van der Waals surface area contributed by atoms with Gasteiger partial charge in [-0.25, -0.2) is 0 Å². The first-order chi connectivity index (χ1) is 13.1. The second kappa shape index (κ2) is 5.67. The summed E-state index contributed by atoms with van der Waals surface area (Å²) in [5, 5.41) is 1.14. The van der Waals surface area contributed by atoms with E-state index in [4.69, 9.17) is 0 Å². The van der Waals surface area contributed by atoms with Crippen molar-refractivity contribution in [1.82, 2.24) is 19.8 Å². The van der Waals surface area contributed by atoms with Gasteiger partial charge in [0, 0.05) is 36.4 Å². The molecule has 1 N–H and O–H groups in total. The monoisotopic (exact) mass is 360 g/mol. The molecule has 0 bridgehead atoms. The summed E-state index contributed by atoms with van der Waals surface area (Å²) in [6, 6.07) is 11.8. The number of nitrogens with zero attached hydrogens (tertiary/aromatic N) is 3. The molecular weight excluding hydrogens is 340 g/mol. The number of carbonyl (C=O) groups excluding carboxylic acids is 2. The first kappa shape index (κ1) is 16.1. The molecule has 0 radical (unpaired) electrons. The van der Waals surface area contributed by atoms with Crippen LogP contribution in [0.4, 0.5) is 0 Å². The molecule has 2 amide bonds. The zero-order chi connectivity index (χ0) is 18.6. The van der Waals surface area contributed by atoms with E-state index >= 15 is 0 Å². The highest BCUT2D eigenvalue weighted by atomic mass is 16.2. The largest absolute Gasteiger partial charge is 0.356 e. The Bertz CT molecular complexity index is 1060. The zero-order valence-corrected chi connectivity index (χ0v) is 15.1. The highest BCUT2D eigenvalue weighted by Gasteiger charge is 2.53. The molecule has 0 aliphatic carbocycles. The van der Waals surface area contributed by atoms with Crippen molar-refractivity contribution < 1.29 is 9.59 Å². The second-order valence-electron chi connectivity index (χ2n) is 7.41. The van der Waals surface area contributed by atoms with E-state index in [2.05, 4.69) is 16.0 Å². The number of aromatic nitrogens is 2. The lowest BCUT2D eigenvalue weighted by Gasteiger charge is -2.49. The standard InChI is InChI=1S/C21H20N4O2/c1-21-19-16(15-4-2-3-5-17(15)23-19)8-11-25(21)18(26)13-24(20(21)27)12-14-6-9-22-10-7-14/h2-7,9-10,23H,8,11-13H2,1H3. The Hall–Kier alpha value is -3.15. The summed E-state index contributed by atoms with van der Waals surface area (Å²) in [5.41, 5.74) is 2.99. The predicted octanol–water partition coefficient (Wildman–Crippen LogP) is 2.21. The lowest BCUT2D eigenvalue weighted by Crippen LogP contribution is -2.66. The number of H-pyrrole nitrogens is 1. The number of pyridine rings is 1. The average molecular weight is 360 g/mol. The molecule has 2 aromatic heterocycles. The summed E-state index contributed by atoms with van der Waals surface area (Å²) < 4.78 is 0. The van der Waals surface area contributed by atoms with Crippen molar-refractivity contribution in [3.8, 4) is 0 Å². The Balaban J connectivity index is 1.61. The lowest BCUT2D eigenvalue weighted by molar-refractivity contribution is -0.166. The van der Waals surface area contributed by atoms with Gasteiger partial charge in [-0.2, -0.15) is 0 Å². The third kappa shape index (κ3) is 2.22. The Labute approximate surface area is 156 Å². The number of aromatic amines is 1. The zero-order valence-electron chi connectivity index (χ0n) is 15.1. The Morgan fingerprint density at radius 3 is 2.74 bits per heavy atom. The number of para-hydroxylation sites is 1. The Kier molecular flexibility index (Phi) is 3.37. The number of hydrogen-bond donors (Lipinski definition) is 1. The van der Waals surface area contributed by atoms with Crippen LogP contribution in [0.5, 0.6) is 0 Å². The van der Waals surface area contributed by atoms with Crippen molar-refractivity contribution in [3.05, 3.63) is 65.6 Å². The minimum atomic E-state index is -0.991. The summed E-state index contributed by atoms with van der Waals surface area (Å²) in [7, 11) is 0. The van der Waals surface area contributed by atoms with E-state index in [-0.39, 0.29) is 18.4 Å². The quantitative estimate of drug-likeness (QED) is 0.762. The third-order valence-corrected chi connectivity index (χ3v) is 5.88. The summed E-state index contributed by atoms with van der Waals surface area (Å²) >= 11 is 0. The summed E-state index contributed by atoms with van der Waals surface area (Å²) in [6.07, 6.45) is 4.17. The van der Waals surface area contributed by atoms with Gasteiger partial charge in [0.25, 0.3) is 5.91 Å². The molecule has 136 valence electrons. The van der Waals surface area contributed by atoms with Crippen LogP contribution in [0.1, 0.15) is 23.7 Å². The number of rotatable bonds is 2. The Morgan fingerprint density at radius 2 is 1.93 bits per heavy atom. The van der Waals surface area contributed by atoms with Crippen LogP contribution in [-0.4, -0.2) is 44.7 Å². The van der Waals surface area contributed by atoms with Crippen LogP contribution in [-0.2, 0) is 28.1 Å². The van der Waals surface area contributed by atoms with Crippen molar-refractivity contribution in [2.45, 2.75) is 25.4 Å². The van der Waals surface area contributed by atoms with E-state index < -0.39 is 5.54 Å². The fourth-order valence-electron chi connectivity index (χ4n) is 4.52. The lowest BCUT2D eigenvalue weighted by atomic mass is 9.83. The molecule has 3 aromatic rings. The van der Waals surface area contributed by atoms with Gasteiger partial charge >= 0.3 is 0 Å². The third-order valence-electron chi connectivity index (χ3n) is 5.88. The smallest absolute Gasteiger partial charge is 0.255 e. The normalized spacial score (nSPS) is 22.1. The van der Waals surface area contributed by atoms with Gasteiger partial charge < -0.3 is 14.8 Å². The number of benzene rings is 1. The van der Waals surface area contributed by atoms with E-state index in [1.165, 1.54) is 0 Å². The van der Waals surface area contributed by atoms with E-state index in [1.807, 2.05) is 37.3 Å². The minimum absolute atomic E-state index is 0.00420. The van der Waals surface area contributed by atoms with Gasteiger partial charge in [0.05, 0.1) is 5.69 Å². The van der Waals surface area contributed by atoms with Gasteiger partial charge in [-0.1, -0.05) is 18.2 Å². The van der Waals surface area contributed by atoms with Gasteiger partial charge in [-0.3, -0.25) is 14.6 Å². The molecule has 1 fully saturated rings. The first-order valence-electron chi connectivity index (χ1n) is 9.18. The first-order valence-corrected chi connectivity index (χ1v) is 9.18. The van der Waals surface area contributed by atoms with E-state index in [0.29, 0.717) is 13.1 Å². The molecule has 27 heavy (non-hydrogen) atoms. The van der Waals surface area contributed by atoms with Crippen LogP contribution in [0, 0.1) is 0 Å². The molecule has 1 atom stereocenters. The highest BCUT2D eigenvalue weighted by Crippen LogP contribution is 2.42. The molecule has 5 rings (SSSR count). The molecule has 6 heteroatoms. The number of piperazine rings is 1.